The maximum absolute atomic E-state index is 13.7. The summed E-state index contributed by atoms with van der Waals surface area (Å²) in [7, 11) is 0. The average Bonchev–Trinajstić information content (AvgIpc) is 3.12. The Bertz CT molecular complexity index is 1580. The highest BCUT2D eigenvalue weighted by atomic mass is 32.1. The standard InChI is InChI=1S/C24H14N2OS/c27-24-21-17-11-5-6-12-18(17)25-22(15-8-2-1-3-9-15)23(21)28-20-14-16-10-4-7-13-19(16)26(20)24/h1-14H. The van der Waals surface area contributed by atoms with Crippen molar-refractivity contribution >= 4 is 48.1 Å². The highest BCUT2D eigenvalue weighted by Crippen LogP contribution is 2.35. The fourth-order valence-electron chi connectivity index (χ4n) is 3.93. The Hall–Kier alpha value is -3.50. The molecule has 0 radical (unpaired) electrons. The molecule has 6 rings (SSSR count). The molecule has 3 nitrogen and oxygen atoms in total. The van der Waals surface area contributed by atoms with Gasteiger partial charge in [0.25, 0.3) is 5.56 Å². The first kappa shape index (κ1) is 15.5. The predicted molar refractivity (Wildman–Crippen MR) is 117 cm³/mol. The third-order valence-corrected chi connectivity index (χ3v) is 6.31. The van der Waals surface area contributed by atoms with Crippen molar-refractivity contribution in [3.05, 3.63) is 95.3 Å². The molecular weight excluding hydrogens is 364 g/mol. The van der Waals surface area contributed by atoms with E-state index >= 15 is 0 Å². The van der Waals surface area contributed by atoms with Crippen LogP contribution in [0.4, 0.5) is 0 Å². The van der Waals surface area contributed by atoms with Crippen molar-refractivity contribution in [1.82, 2.24) is 9.38 Å². The summed E-state index contributed by atoms with van der Waals surface area (Å²) in [6.45, 7) is 0. The molecule has 132 valence electrons. The van der Waals surface area contributed by atoms with Gasteiger partial charge in [0.1, 0.15) is 4.83 Å². The molecule has 28 heavy (non-hydrogen) atoms. The van der Waals surface area contributed by atoms with Gasteiger partial charge in [-0.25, -0.2) is 4.98 Å². The predicted octanol–water partition coefficient (Wildman–Crippen LogP) is 5.88. The van der Waals surface area contributed by atoms with Crippen LogP contribution in [0, 0.1) is 0 Å². The van der Waals surface area contributed by atoms with E-state index in [0.717, 1.165) is 48.0 Å². The molecule has 0 saturated heterocycles. The molecule has 0 N–H and O–H groups in total. The molecule has 3 heterocycles. The SMILES string of the molecule is O=c1c2c(sc3cc4ccccc4n13)c(-c1ccccc1)nc1ccccc12. The van der Waals surface area contributed by atoms with Gasteiger partial charge in [0, 0.05) is 16.3 Å². The molecule has 3 aromatic heterocycles. The van der Waals surface area contributed by atoms with E-state index in [2.05, 4.69) is 6.07 Å². The lowest BCUT2D eigenvalue weighted by atomic mass is 10.1. The Morgan fingerprint density at radius 1 is 0.821 bits per heavy atom. The Balaban J connectivity index is 1.91. The van der Waals surface area contributed by atoms with Crippen LogP contribution in [-0.4, -0.2) is 9.38 Å². The summed E-state index contributed by atoms with van der Waals surface area (Å²) in [6, 6.07) is 28.1. The summed E-state index contributed by atoms with van der Waals surface area (Å²) in [6.07, 6.45) is 0. The lowest BCUT2D eigenvalue weighted by molar-refractivity contribution is 1.22. The van der Waals surface area contributed by atoms with Crippen molar-refractivity contribution in [2.24, 2.45) is 0 Å². The van der Waals surface area contributed by atoms with Crippen molar-refractivity contribution < 1.29 is 0 Å². The van der Waals surface area contributed by atoms with E-state index in [9.17, 15) is 4.79 Å². The molecular formula is C24H14N2OS. The van der Waals surface area contributed by atoms with Crippen molar-refractivity contribution in [1.29, 1.82) is 0 Å². The minimum Gasteiger partial charge on any atom is -0.268 e. The Morgan fingerprint density at radius 2 is 1.57 bits per heavy atom. The van der Waals surface area contributed by atoms with E-state index in [1.807, 2.05) is 83.3 Å². The van der Waals surface area contributed by atoms with E-state index in [0.29, 0.717) is 0 Å². The van der Waals surface area contributed by atoms with Crippen LogP contribution in [-0.2, 0) is 0 Å². The van der Waals surface area contributed by atoms with Crippen LogP contribution in [0.25, 0.3) is 48.0 Å². The molecule has 0 bridgehead atoms. The molecule has 3 aromatic carbocycles. The first-order chi connectivity index (χ1) is 13.8. The molecule has 0 aliphatic heterocycles. The number of pyridine rings is 1. The summed E-state index contributed by atoms with van der Waals surface area (Å²) in [5, 5.41) is 2.71. The van der Waals surface area contributed by atoms with Crippen LogP contribution in [0.5, 0.6) is 0 Å². The van der Waals surface area contributed by atoms with Crippen LogP contribution in [0.15, 0.2) is 89.7 Å². The molecule has 0 fully saturated rings. The van der Waals surface area contributed by atoms with Gasteiger partial charge in [-0.05, 0) is 18.2 Å². The molecule has 0 aliphatic carbocycles. The third-order valence-electron chi connectivity index (χ3n) is 5.20. The Labute approximate surface area is 164 Å². The van der Waals surface area contributed by atoms with Crippen LogP contribution < -0.4 is 5.56 Å². The molecule has 0 saturated carbocycles. The summed E-state index contributed by atoms with van der Waals surface area (Å²) >= 11 is 1.63. The summed E-state index contributed by atoms with van der Waals surface area (Å²) in [5.41, 5.74) is 3.69. The van der Waals surface area contributed by atoms with Gasteiger partial charge in [-0.2, -0.15) is 0 Å². The highest BCUT2D eigenvalue weighted by molar-refractivity contribution is 7.24. The Kier molecular flexibility index (Phi) is 3.19. The molecule has 0 atom stereocenters. The van der Waals surface area contributed by atoms with Crippen molar-refractivity contribution in [2.75, 3.05) is 0 Å². The summed E-state index contributed by atoms with van der Waals surface area (Å²) in [4.78, 5) is 19.6. The number of para-hydroxylation sites is 2. The van der Waals surface area contributed by atoms with Crippen molar-refractivity contribution in [3.8, 4) is 11.3 Å². The van der Waals surface area contributed by atoms with Crippen LogP contribution in [0.3, 0.4) is 0 Å². The average molecular weight is 378 g/mol. The van der Waals surface area contributed by atoms with E-state index in [1.54, 1.807) is 11.3 Å². The summed E-state index contributed by atoms with van der Waals surface area (Å²) in [5.74, 6) is 0. The molecule has 0 amide bonds. The van der Waals surface area contributed by atoms with Gasteiger partial charge in [0.2, 0.25) is 0 Å². The van der Waals surface area contributed by atoms with Gasteiger partial charge in [-0.1, -0.05) is 66.7 Å². The monoisotopic (exact) mass is 378 g/mol. The normalized spacial score (nSPS) is 11.7. The van der Waals surface area contributed by atoms with Crippen LogP contribution >= 0.6 is 11.3 Å². The second kappa shape index (κ2) is 5.75. The van der Waals surface area contributed by atoms with Crippen LogP contribution in [0.1, 0.15) is 0 Å². The number of aromatic nitrogens is 2. The van der Waals surface area contributed by atoms with Gasteiger partial charge >= 0.3 is 0 Å². The first-order valence-corrected chi connectivity index (χ1v) is 9.94. The zero-order valence-electron chi connectivity index (χ0n) is 14.8. The number of hydrogen-bond acceptors (Lipinski definition) is 3. The van der Waals surface area contributed by atoms with Gasteiger partial charge in [0.15, 0.2) is 0 Å². The van der Waals surface area contributed by atoms with E-state index < -0.39 is 0 Å². The zero-order valence-corrected chi connectivity index (χ0v) is 15.6. The molecule has 6 aromatic rings. The minimum absolute atomic E-state index is 0.0146. The Morgan fingerprint density at radius 3 is 2.46 bits per heavy atom. The number of rotatable bonds is 1. The maximum atomic E-state index is 13.7. The quantitative estimate of drug-likeness (QED) is 0.335. The zero-order chi connectivity index (χ0) is 18.7. The molecule has 0 unspecified atom stereocenters. The molecule has 4 heteroatoms. The fourth-order valence-corrected chi connectivity index (χ4v) is 5.16. The number of hydrogen-bond donors (Lipinski definition) is 0. The number of nitrogens with zero attached hydrogens (tertiary/aromatic N) is 2. The largest absolute Gasteiger partial charge is 0.268 e. The van der Waals surface area contributed by atoms with E-state index in [-0.39, 0.29) is 5.56 Å². The summed E-state index contributed by atoms with van der Waals surface area (Å²) < 4.78 is 2.77. The first-order valence-electron chi connectivity index (χ1n) is 9.12. The highest BCUT2D eigenvalue weighted by Gasteiger charge is 2.17. The lowest BCUT2D eigenvalue weighted by Gasteiger charge is -2.10. The fraction of sp³-hybridized carbons (Fsp3) is 0. The van der Waals surface area contributed by atoms with Crippen molar-refractivity contribution in [3.63, 3.8) is 0 Å². The van der Waals surface area contributed by atoms with E-state index in [1.165, 1.54) is 0 Å². The smallest absolute Gasteiger partial charge is 0.265 e. The minimum atomic E-state index is 0.0146. The second-order valence-electron chi connectivity index (χ2n) is 6.83. The third kappa shape index (κ3) is 2.09. The topological polar surface area (TPSA) is 34.4 Å². The number of benzene rings is 3. The van der Waals surface area contributed by atoms with Gasteiger partial charge in [-0.3, -0.25) is 9.20 Å². The molecule has 0 aliphatic rings. The lowest BCUT2D eigenvalue weighted by Crippen LogP contribution is -2.12. The van der Waals surface area contributed by atoms with Crippen LogP contribution in [0.2, 0.25) is 0 Å². The van der Waals surface area contributed by atoms with Crippen molar-refractivity contribution in [2.45, 2.75) is 0 Å². The van der Waals surface area contributed by atoms with Gasteiger partial charge < -0.3 is 0 Å². The maximum Gasteiger partial charge on any atom is 0.265 e. The number of fused-ring (bicyclic) bond motifs is 6. The second-order valence-corrected chi connectivity index (χ2v) is 7.86. The molecule has 0 spiro atoms. The van der Waals surface area contributed by atoms with Gasteiger partial charge in [-0.15, -0.1) is 11.3 Å². The van der Waals surface area contributed by atoms with Gasteiger partial charge in [0.05, 0.1) is 26.8 Å². The van der Waals surface area contributed by atoms with E-state index in [4.69, 9.17) is 4.98 Å².